The number of halogens is 1. The van der Waals surface area contributed by atoms with Gasteiger partial charge in [0.05, 0.1) is 23.5 Å². The maximum Gasteiger partial charge on any atom is 0.135 e. The second kappa shape index (κ2) is 5.43. The first-order valence-electron chi connectivity index (χ1n) is 6.51. The normalized spacial score (nSPS) is 10.3. The third kappa shape index (κ3) is 2.42. The SMILES string of the molecule is Cc1cnn(-c2ccc(-c3ccccc3)c(C#N)c2)c1Cl. The van der Waals surface area contributed by atoms with Gasteiger partial charge in [-0.3, -0.25) is 0 Å². The Labute approximate surface area is 128 Å². The van der Waals surface area contributed by atoms with Crippen molar-refractivity contribution in [2.45, 2.75) is 6.92 Å². The summed E-state index contributed by atoms with van der Waals surface area (Å²) in [7, 11) is 0. The summed E-state index contributed by atoms with van der Waals surface area (Å²) in [5.74, 6) is 0. The van der Waals surface area contributed by atoms with Crippen LogP contribution in [0.5, 0.6) is 0 Å². The minimum atomic E-state index is 0.561. The van der Waals surface area contributed by atoms with Crippen LogP contribution in [0.4, 0.5) is 0 Å². The van der Waals surface area contributed by atoms with Crippen LogP contribution in [0.1, 0.15) is 11.1 Å². The maximum atomic E-state index is 9.41. The van der Waals surface area contributed by atoms with Gasteiger partial charge in [0.2, 0.25) is 0 Å². The lowest BCUT2D eigenvalue weighted by Crippen LogP contribution is -1.98. The number of rotatable bonds is 2. The molecule has 0 aliphatic rings. The van der Waals surface area contributed by atoms with Gasteiger partial charge >= 0.3 is 0 Å². The predicted octanol–water partition coefficient (Wildman–Crippen LogP) is 4.37. The minimum Gasteiger partial charge on any atom is -0.222 e. The predicted molar refractivity (Wildman–Crippen MR) is 83.5 cm³/mol. The highest BCUT2D eigenvalue weighted by molar-refractivity contribution is 6.30. The lowest BCUT2D eigenvalue weighted by molar-refractivity contribution is 0.880. The monoisotopic (exact) mass is 293 g/mol. The number of aryl methyl sites for hydroxylation is 1. The quantitative estimate of drug-likeness (QED) is 0.704. The van der Waals surface area contributed by atoms with Gasteiger partial charge in [0.25, 0.3) is 0 Å². The minimum absolute atomic E-state index is 0.561. The van der Waals surface area contributed by atoms with E-state index < -0.39 is 0 Å². The molecule has 2 aromatic carbocycles. The summed E-state index contributed by atoms with van der Waals surface area (Å²) in [6.45, 7) is 1.90. The van der Waals surface area contributed by atoms with E-state index in [-0.39, 0.29) is 0 Å². The average Bonchev–Trinajstić information content (AvgIpc) is 2.87. The van der Waals surface area contributed by atoms with Gasteiger partial charge < -0.3 is 0 Å². The van der Waals surface area contributed by atoms with Crippen molar-refractivity contribution < 1.29 is 0 Å². The highest BCUT2D eigenvalue weighted by Gasteiger charge is 2.10. The topological polar surface area (TPSA) is 41.6 Å². The molecule has 0 bridgehead atoms. The van der Waals surface area contributed by atoms with Crippen molar-refractivity contribution in [3.63, 3.8) is 0 Å². The largest absolute Gasteiger partial charge is 0.222 e. The zero-order valence-electron chi connectivity index (χ0n) is 11.4. The molecule has 0 atom stereocenters. The van der Waals surface area contributed by atoms with Crippen molar-refractivity contribution in [2.24, 2.45) is 0 Å². The van der Waals surface area contributed by atoms with Crippen molar-refractivity contribution in [1.29, 1.82) is 5.26 Å². The molecule has 0 aliphatic carbocycles. The average molecular weight is 294 g/mol. The highest BCUT2D eigenvalue weighted by Crippen LogP contribution is 2.27. The van der Waals surface area contributed by atoms with Crippen LogP contribution < -0.4 is 0 Å². The van der Waals surface area contributed by atoms with Gasteiger partial charge in [0.1, 0.15) is 5.15 Å². The molecule has 0 saturated carbocycles. The third-order valence-corrected chi connectivity index (χ3v) is 3.79. The Morgan fingerprint density at radius 1 is 1.14 bits per heavy atom. The zero-order valence-corrected chi connectivity index (χ0v) is 12.2. The molecular formula is C17H12ClN3. The van der Waals surface area contributed by atoms with Gasteiger partial charge in [-0.05, 0) is 30.2 Å². The molecule has 3 rings (SSSR count). The van der Waals surface area contributed by atoms with Crippen molar-refractivity contribution in [2.75, 3.05) is 0 Å². The fourth-order valence-corrected chi connectivity index (χ4v) is 2.41. The first-order valence-corrected chi connectivity index (χ1v) is 6.88. The van der Waals surface area contributed by atoms with Crippen LogP contribution >= 0.6 is 11.6 Å². The number of aromatic nitrogens is 2. The van der Waals surface area contributed by atoms with E-state index in [2.05, 4.69) is 11.2 Å². The Kier molecular flexibility index (Phi) is 3.47. The van der Waals surface area contributed by atoms with Crippen LogP contribution in [0.3, 0.4) is 0 Å². The molecular weight excluding hydrogens is 282 g/mol. The Hall–Kier alpha value is -2.57. The molecule has 0 saturated heterocycles. The molecule has 0 fully saturated rings. The summed E-state index contributed by atoms with van der Waals surface area (Å²) in [5.41, 5.74) is 4.21. The summed E-state index contributed by atoms with van der Waals surface area (Å²) in [5, 5.41) is 14.2. The third-order valence-electron chi connectivity index (χ3n) is 3.33. The van der Waals surface area contributed by atoms with Gasteiger partial charge in [-0.15, -0.1) is 0 Å². The Bertz CT molecular complexity index is 829. The fourth-order valence-electron chi connectivity index (χ4n) is 2.22. The molecule has 0 radical (unpaired) electrons. The van der Waals surface area contributed by atoms with Crippen LogP contribution in [-0.4, -0.2) is 9.78 Å². The van der Waals surface area contributed by atoms with E-state index in [4.69, 9.17) is 11.6 Å². The number of nitriles is 1. The second-order valence-electron chi connectivity index (χ2n) is 4.74. The molecule has 3 nitrogen and oxygen atoms in total. The maximum absolute atomic E-state index is 9.41. The van der Waals surface area contributed by atoms with E-state index in [1.807, 2.05) is 49.4 Å². The van der Waals surface area contributed by atoms with Crippen molar-refractivity contribution in [3.8, 4) is 22.9 Å². The van der Waals surface area contributed by atoms with Gasteiger partial charge in [-0.1, -0.05) is 48.0 Å². The summed E-state index contributed by atoms with van der Waals surface area (Å²) in [4.78, 5) is 0. The molecule has 0 N–H and O–H groups in total. The van der Waals surface area contributed by atoms with Crippen molar-refractivity contribution in [1.82, 2.24) is 9.78 Å². The molecule has 3 aromatic rings. The van der Waals surface area contributed by atoms with Crippen LogP contribution in [0.25, 0.3) is 16.8 Å². The smallest absolute Gasteiger partial charge is 0.135 e. The first kappa shape index (κ1) is 13.4. The number of benzene rings is 2. The Balaban J connectivity index is 2.13. The molecule has 1 heterocycles. The van der Waals surface area contributed by atoms with Crippen LogP contribution in [0.15, 0.2) is 54.7 Å². The Morgan fingerprint density at radius 2 is 1.90 bits per heavy atom. The van der Waals surface area contributed by atoms with E-state index in [0.717, 1.165) is 22.4 Å². The number of hydrogen-bond donors (Lipinski definition) is 0. The summed E-state index contributed by atoms with van der Waals surface area (Å²) in [6.07, 6.45) is 1.71. The molecule has 102 valence electrons. The molecule has 0 spiro atoms. The van der Waals surface area contributed by atoms with Crippen LogP contribution in [0.2, 0.25) is 5.15 Å². The molecule has 1 aromatic heterocycles. The van der Waals surface area contributed by atoms with E-state index >= 15 is 0 Å². The zero-order chi connectivity index (χ0) is 14.8. The first-order chi connectivity index (χ1) is 10.2. The molecule has 0 unspecified atom stereocenters. The van der Waals surface area contributed by atoms with Gasteiger partial charge in [-0.2, -0.15) is 10.4 Å². The fraction of sp³-hybridized carbons (Fsp3) is 0.0588. The van der Waals surface area contributed by atoms with E-state index in [1.165, 1.54) is 0 Å². The molecule has 21 heavy (non-hydrogen) atoms. The highest BCUT2D eigenvalue weighted by atomic mass is 35.5. The van der Waals surface area contributed by atoms with Gasteiger partial charge in [0, 0.05) is 5.56 Å². The molecule has 0 amide bonds. The van der Waals surface area contributed by atoms with E-state index in [1.54, 1.807) is 16.9 Å². The molecule has 4 heteroatoms. The van der Waals surface area contributed by atoms with E-state index in [0.29, 0.717) is 10.7 Å². The lowest BCUT2D eigenvalue weighted by Gasteiger charge is -2.08. The molecule has 0 aliphatic heterocycles. The van der Waals surface area contributed by atoms with Crippen LogP contribution in [0, 0.1) is 18.3 Å². The summed E-state index contributed by atoms with van der Waals surface area (Å²) >= 11 is 6.21. The summed E-state index contributed by atoms with van der Waals surface area (Å²) in [6, 6.07) is 17.7. The van der Waals surface area contributed by atoms with Crippen molar-refractivity contribution in [3.05, 3.63) is 71.0 Å². The lowest BCUT2D eigenvalue weighted by atomic mass is 10.00. The number of nitrogens with zero attached hydrogens (tertiary/aromatic N) is 3. The Morgan fingerprint density at radius 3 is 2.52 bits per heavy atom. The second-order valence-corrected chi connectivity index (χ2v) is 5.10. The van der Waals surface area contributed by atoms with E-state index in [9.17, 15) is 5.26 Å². The van der Waals surface area contributed by atoms with Crippen molar-refractivity contribution >= 4 is 11.6 Å². The standard InChI is InChI=1S/C17H12ClN3/c1-12-11-20-21(17(12)18)15-7-8-16(14(9-15)10-19)13-5-3-2-4-6-13/h2-9,11H,1H3. The van der Waals surface area contributed by atoms with Gasteiger partial charge in [0.15, 0.2) is 0 Å². The number of hydrogen-bond acceptors (Lipinski definition) is 2. The summed E-state index contributed by atoms with van der Waals surface area (Å²) < 4.78 is 1.63. The van der Waals surface area contributed by atoms with Crippen LogP contribution in [-0.2, 0) is 0 Å². The van der Waals surface area contributed by atoms with Gasteiger partial charge in [-0.25, -0.2) is 4.68 Å².